The zero-order valence-corrected chi connectivity index (χ0v) is 18.3. The van der Waals surface area contributed by atoms with Crippen LogP contribution >= 0.6 is 0 Å². The highest BCUT2D eigenvalue weighted by molar-refractivity contribution is 4.50. The molecule has 0 aliphatic carbocycles. The van der Waals surface area contributed by atoms with Gasteiger partial charge in [-0.15, -0.1) is 0 Å². The maximum Gasteiger partial charge on any atom is 0.0780 e. The highest BCUT2D eigenvalue weighted by atomic mass is 35.5. The molecule has 0 bridgehead atoms. The van der Waals surface area contributed by atoms with Crippen molar-refractivity contribution in [2.75, 3.05) is 27.7 Å². The van der Waals surface area contributed by atoms with Gasteiger partial charge in [0.05, 0.1) is 27.7 Å². The van der Waals surface area contributed by atoms with E-state index in [1.54, 1.807) is 0 Å². The highest BCUT2D eigenvalue weighted by Crippen LogP contribution is 2.14. The molecular formula is C22H48ClN. The van der Waals surface area contributed by atoms with Crippen LogP contribution in [-0.4, -0.2) is 32.2 Å². The molecule has 0 aromatic heterocycles. The minimum Gasteiger partial charge on any atom is -1.00 e. The molecular weight excluding hydrogens is 314 g/mol. The smallest absolute Gasteiger partial charge is 0.0780 e. The number of quaternary nitrogens is 1. The zero-order chi connectivity index (χ0) is 17.2. The summed E-state index contributed by atoms with van der Waals surface area (Å²) in [6.07, 6.45) is 24.9. The van der Waals surface area contributed by atoms with E-state index in [1.165, 1.54) is 116 Å². The zero-order valence-electron chi connectivity index (χ0n) is 17.6. The third-order valence-electron chi connectivity index (χ3n) is 4.93. The van der Waals surface area contributed by atoms with E-state index in [4.69, 9.17) is 0 Å². The van der Waals surface area contributed by atoms with Crippen LogP contribution in [0.15, 0.2) is 0 Å². The summed E-state index contributed by atoms with van der Waals surface area (Å²) in [5.41, 5.74) is 0. The van der Waals surface area contributed by atoms with Gasteiger partial charge in [0.1, 0.15) is 0 Å². The summed E-state index contributed by atoms with van der Waals surface area (Å²) in [5.74, 6) is 0. The van der Waals surface area contributed by atoms with Crippen molar-refractivity contribution in [1.29, 1.82) is 0 Å². The van der Waals surface area contributed by atoms with Crippen LogP contribution in [0, 0.1) is 0 Å². The summed E-state index contributed by atoms with van der Waals surface area (Å²) in [6, 6.07) is 0. The van der Waals surface area contributed by atoms with Crippen molar-refractivity contribution < 1.29 is 16.9 Å². The molecule has 0 rings (SSSR count). The Morgan fingerprint density at radius 3 is 0.917 bits per heavy atom. The molecule has 2 heteroatoms. The Balaban J connectivity index is 0. The Morgan fingerprint density at radius 2 is 0.667 bits per heavy atom. The molecule has 0 aromatic carbocycles. The molecule has 0 fully saturated rings. The summed E-state index contributed by atoms with van der Waals surface area (Å²) in [5, 5.41) is 0. The summed E-state index contributed by atoms with van der Waals surface area (Å²) in [6.45, 7) is 3.63. The normalized spacial score (nSPS) is 11.5. The van der Waals surface area contributed by atoms with Crippen LogP contribution in [0.1, 0.15) is 116 Å². The highest BCUT2D eigenvalue weighted by Gasteiger charge is 2.04. The predicted octanol–water partition coefficient (Wildman–Crippen LogP) is 4.35. The average Bonchev–Trinajstić information content (AvgIpc) is 2.49. The fourth-order valence-electron chi connectivity index (χ4n) is 3.31. The molecule has 0 unspecified atom stereocenters. The van der Waals surface area contributed by atoms with Crippen molar-refractivity contribution in [1.82, 2.24) is 0 Å². The van der Waals surface area contributed by atoms with Crippen molar-refractivity contribution in [2.45, 2.75) is 116 Å². The molecule has 0 saturated carbocycles. The molecule has 0 atom stereocenters. The first-order chi connectivity index (χ1) is 11.1. The number of rotatable bonds is 18. The average molecular weight is 362 g/mol. The van der Waals surface area contributed by atoms with Gasteiger partial charge in [0.2, 0.25) is 0 Å². The van der Waals surface area contributed by atoms with E-state index in [2.05, 4.69) is 28.1 Å². The van der Waals surface area contributed by atoms with Gasteiger partial charge in [0.15, 0.2) is 0 Å². The first-order valence-electron chi connectivity index (χ1n) is 10.9. The van der Waals surface area contributed by atoms with Crippen molar-refractivity contribution in [2.24, 2.45) is 0 Å². The lowest BCUT2D eigenvalue weighted by atomic mass is 10.0. The van der Waals surface area contributed by atoms with E-state index >= 15 is 0 Å². The van der Waals surface area contributed by atoms with Crippen LogP contribution in [0.4, 0.5) is 0 Å². The van der Waals surface area contributed by atoms with Crippen LogP contribution in [0.25, 0.3) is 0 Å². The SMILES string of the molecule is CCCCCCCCCCCCCCCCCCC[N+](C)(C)C.[Cl-]. The van der Waals surface area contributed by atoms with Gasteiger partial charge < -0.3 is 16.9 Å². The van der Waals surface area contributed by atoms with Crippen LogP contribution < -0.4 is 12.4 Å². The van der Waals surface area contributed by atoms with E-state index in [-0.39, 0.29) is 12.4 Å². The molecule has 0 amide bonds. The van der Waals surface area contributed by atoms with Gasteiger partial charge in [-0.25, -0.2) is 0 Å². The summed E-state index contributed by atoms with van der Waals surface area (Å²) in [4.78, 5) is 0. The van der Waals surface area contributed by atoms with Crippen molar-refractivity contribution in [3.8, 4) is 0 Å². The number of hydrogen-bond acceptors (Lipinski definition) is 0. The molecule has 0 aliphatic rings. The lowest BCUT2D eigenvalue weighted by molar-refractivity contribution is -0.870. The second kappa shape index (κ2) is 19.6. The van der Waals surface area contributed by atoms with Crippen molar-refractivity contribution in [3.63, 3.8) is 0 Å². The second-order valence-corrected chi connectivity index (χ2v) is 8.67. The number of nitrogens with zero attached hydrogens (tertiary/aromatic N) is 1. The first-order valence-corrected chi connectivity index (χ1v) is 10.9. The molecule has 0 heterocycles. The molecule has 0 aromatic rings. The summed E-state index contributed by atoms with van der Waals surface area (Å²) in [7, 11) is 6.89. The maximum absolute atomic E-state index is 2.30. The predicted molar refractivity (Wildman–Crippen MR) is 107 cm³/mol. The molecule has 0 radical (unpaired) electrons. The van der Waals surface area contributed by atoms with E-state index in [0.717, 1.165) is 4.48 Å². The molecule has 0 N–H and O–H groups in total. The number of hydrogen-bond donors (Lipinski definition) is 0. The molecule has 148 valence electrons. The second-order valence-electron chi connectivity index (χ2n) is 8.67. The van der Waals surface area contributed by atoms with E-state index < -0.39 is 0 Å². The van der Waals surface area contributed by atoms with Gasteiger partial charge >= 0.3 is 0 Å². The van der Waals surface area contributed by atoms with E-state index in [0.29, 0.717) is 0 Å². The van der Waals surface area contributed by atoms with Gasteiger partial charge in [-0.3, -0.25) is 0 Å². The Morgan fingerprint density at radius 1 is 0.417 bits per heavy atom. The lowest BCUT2D eigenvalue weighted by Crippen LogP contribution is -3.00. The molecule has 1 nitrogen and oxygen atoms in total. The van der Waals surface area contributed by atoms with Gasteiger partial charge in [-0.2, -0.15) is 0 Å². The maximum atomic E-state index is 2.30. The lowest BCUT2D eigenvalue weighted by Gasteiger charge is -2.23. The van der Waals surface area contributed by atoms with E-state index in [9.17, 15) is 0 Å². The van der Waals surface area contributed by atoms with Crippen LogP contribution in [0.5, 0.6) is 0 Å². The molecule has 24 heavy (non-hydrogen) atoms. The fourth-order valence-corrected chi connectivity index (χ4v) is 3.31. The fraction of sp³-hybridized carbons (Fsp3) is 1.00. The number of unbranched alkanes of at least 4 members (excludes halogenated alkanes) is 16. The van der Waals surface area contributed by atoms with Crippen LogP contribution in [0.3, 0.4) is 0 Å². The first kappa shape index (κ1) is 26.5. The van der Waals surface area contributed by atoms with Gasteiger partial charge in [0, 0.05) is 0 Å². The van der Waals surface area contributed by atoms with Crippen LogP contribution in [0.2, 0.25) is 0 Å². The Bertz CT molecular complexity index is 223. The Kier molecular flexibility index (Phi) is 21.6. The standard InChI is InChI=1S/C22H48N.ClH/c1-5-6-7-8-9-10-11-12-13-14-15-16-17-18-19-20-21-22-23(2,3)4;/h5-22H2,1-4H3;1H/q+1;/p-1. The largest absolute Gasteiger partial charge is 1.00 e. The third-order valence-corrected chi connectivity index (χ3v) is 4.93. The van der Waals surface area contributed by atoms with Crippen molar-refractivity contribution >= 4 is 0 Å². The quantitative estimate of drug-likeness (QED) is 0.251. The van der Waals surface area contributed by atoms with Crippen LogP contribution in [-0.2, 0) is 0 Å². The Hall–Kier alpha value is 0.250. The third kappa shape index (κ3) is 24.5. The van der Waals surface area contributed by atoms with E-state index in [1.807, 2.05) is 0 Å². The molecule has 0 spiro atoms. The number of halogens is 1. The summed E-state index contributed by atoms with van der Waals surface area (Å²) >= 11 is 0. The van der Waals surface area contributed by atoms with Crippen molar-refractivity contribution in [3.05, 3.63) is 0 Å². The molecule has 0 aliphatic heterocycles. The topological polar surface area (TPSA) is 0 Å². The van der Waals surface area contributed by atoms with Gasteiger partial charge in [-0.05, 0) is 12.8 Å². The minimum atomic E-state index is 0. The molecule has 0 saturated heterocycles. The van der Waals surface area contributed by atoms with Gasteiger partial charge in [-0.1, -0.05) is 103 Å². The Labute approximate surface area is 161 Å². The minimum absolute atomic E-state index is 0. The van der Waals surface area contributed by atoms with Gasteiger partial charge in [0.25, 0.3) is 0 Å². The summed E-state index contributed by atoms with van der Waals surface area (Å²) < 4.78 is 1.12. The monoisotopic (exact) mass is 361 g/mol.